The van der Waals surface area contributed by atoms with Crippen molar-refractivity contribution in [1.29, 1.82) is 0 Å². The molecule has 1 aromatic rings. The predicted octanol–water partition coefficient (Wildman–Crippen LogP) is 4.30. The molecule has 0 bridgehead atoms. The van der Waals surface area contributed by atoms with E-state index in [-0.39, 0.29) is 18.4 Å². The van der Waals surface area contributed by atoms with Crippen LogP contribution in [0.15, 0.2) is 29.3 Å². The predicted molar refractivity (Wildman–Crippen MR) is 146 cm³/mol. The molecule has 0 aliphatic carbocycles. The smallest absolute Gasteiger partial charge is 0.408 e. The van der Waals surface area contributed by atoms with Crippen LogP contribution in [0.1, 0.15) is 65.9 Å². The Kier molecular flexibility index (Phi) is 11.9. The van der Waals surface area contributed by atoms with Gasteiger partial charge in [-0.2, -0.15) is 4.99 Å². The molecule has 0 radical (unpaired) electrons. The van der Waals surface area contributed by atoms with E-state index >= 15 is 0 Å². The van der Waals surface area contributed by atoms with E-state index in [1.807, 2.05) is 38.1 Å². The highest BCUT2D eigenvalue weighted by molar-refractivity contribution is 5.93. The Labute approximate surface area is 226 Å². The van der Waals surface area contributed by atoms with Gasteiger partial charge in [0.15, 0.2) is 0 Å². The Hall–Kier alpha value is -3.30. The fourth-order valence-electron chi connectivity index (χ4n) is 4.03. The second kappa shape index (κ2) is 14.6. The Balaban J connectivity index is 1.74. The van der Waals surface area contributed by atoms with Crippen molar-refractivity contribution in [2.75, 3.05) is 26.8 Å². The largest absolute Gasteiger partial charge is 0.494 e. The number of nitrogens with zero attached hydrogens (tertiary/aromatic N) is 2. The molecule has 0 spiro atoms. The molecule has 3 amide bonds. The third kappa shape index (κ3) is 11.0. The molecule has 0 aromatic heterocycles. The van der Waals surface area contributed by atoms with E-state index in [1.165, 1.54) is 7.11 Å². The number of alkyl carbamates (subject to hydrolysis) is 1. The summed E-state index contributed by atoms with van der Waals surface area (Å²) in [6.45, 7) is 11.1. The lowest BCUT2D eigenvalue weighted by molar-refractivity contribution is -0.143. The van der Waals surface area contributed by atoms with Crippen molar-refractivity contribution in [1.82, 2.24) is 10.2 Å². The van der Waals surface area contributed by atoms with E-state index in [9.17, 15) is 14.4 Å². The summed E-state index contributed by atoms with van der Waals surface area (Å²) in [6.07, 6.45) is 3.46. The number of hydrogen-bond acceptors (Lipinski definition) is 6. The SMILES string of the molecule is COC(=O)[C@H](Cc1ccc(OCCCC2CCN(C(=O)N=C(N)C(C)C)CC2)cc1)NC(=O)OC(C)(C)C. The molecular formula is C28H44N4O6. The lowest BCUT2D eigenvalue weighted by Gasteiger charge is -2.30. The van der Waals surface area contributed by atoms with Crippen LogP contribution in [0.4, 0.5) is 9.59 Å². The summed E-state index contributed by atoms with van der Waals surface area (Å²) < 4.78 is 16.0. The lowest BCUT2D eigenvalue weighted by atomic mass is 9.92. The van der Waals surface area contributed by atoms with Crippen LogP contribution in [0.2, 0.25) is 0 Å². The number of piperidine rings is 1. The van der Waals surface area contributed by atoms with Crippen LogP contribution in [0.25, 0.3) is 0 Å². The molecule has 1 aliphatic heterocycles. The molecule has 1 fully saturated rings. The zero-order valence-corrected chi connectivity index (χ0v) is 23.6. The summed E-state index contributed by atoms with van der Waals surface area (Å²) in [6, 6.07) is 6.34. The number of likely N-dealkylation sites (tertiary alicyclic amines) is 1. The Morgan fingerprint density at radius 1 is 1.13 bits per heavy atom. The normalized spacial score (nSPS) is 15.7. The summed E-state index contributed by atoms with van der Waals surface area (Å²) in [5, 5.41) is 2.58. The number of aliphatic imine (C=N–C) groups is 1. The summed E-state index contributed by atoms with van der Waals surface area (Å²) >= 11 is 0. The highest BCUT2D eigenvalue weighted by Gasteiger charge is 2.26. The first-order valence-electron chi connectivity index (χ1n) is 13.3. The van der Waals surface area contributed by atoms with E-state index in [2.05, 4.69) is 10.3 Å². The van der Waals surface area contributed by atoms with Gasteiger partial charge in [-0.15, -0.1) is 0 Å². The number of urea groups is 1. The van der Waals surface area contributed by atoms with Gasteiger partial charge in [-0.05, 0) is 70.1 Å². The fourth-order valence-corrected chi connectivity index (χ4v) is 4.03. The minimum absolute atomic E-state index is 0.0608. The maximum atomic E-state index is 12.3. The number of nitrogens with one attached hydrogen (secondary N) is 1. The van der Waals surface area contributed by atoms with Crippen molar-refractivity contribution in [2.24, 2.45) is 22.6 Å². The van der Waals surface area contributed by atoms with Crippen molar-refractivity contribution < 1.29 is 28.6 Å². The van der Waals surface area contributed by atoms with Gasteiger partial charge >= 0.3 is 18.1 Å². The quantitative estimate of drug-likeness (QED) is 0.199. The Morgan fingerprint density at radius 2 is 1.76 bits per heavy atom. The number of amidine groups is 1. The van der Waals surface area contributed by atoms with Gasteiger partial charge in [-0.1, -0.05) is 26.0 Å². The molecule has 1 aromatic carbocycles. The van der Waals surface area contributed by atoms with Crippen molar-refractivity contribution in [3.8, 4) is 5.75 Å². The van der Waals surface area contributed by atoms with Gasteiger partial charge in [-0.25, -0.2) is 14.4 Å². The van der Waals surface area contributed by atoms with E-state index in [1.54, 1.807) is 25.7 Å². The maximum absolute atomic E-state index is 12.3. The molecule has 3 N–H and O–H groups in total. The first-order valence-corrected chi connectivity index (χ1v) is 13.3. The number of nitrogens with two attached hydrogens (primary N) is 1. The minimum Gasteiger partial charge on any atom is -0.494 e. The summed E-state index contributed by atoms with van der Waals surface area (Å²) in [5.41, 5.74) is 6.00. The van der Waals surface area contributed by atoms with E-state index < -0.39 is 23.7 Å². The molecule has 10 nitrogen and oxygen atoms in total. The van der Waals surface area contributed by atoms with Crippen LogP contribution in [-0.4, -0.2) is 67.3 Å². The number of methoxy groups -OCH3 is 1. The number of ether oxygens (including phenoxy) is 3. The molecule has 0 saturated carbocycles. The van der Waals surface area contributed by atoms with Gasteiger partial charge in [0.1, 0.15) is 23.2 Å². The van der Waals surface area contributed by atoms with Crippen molar-refractivity contribution in [3.05, 3.63) is 29.8 Å². The van der Waals surface area contributed by atoms with Crippen LogP contribution >= 0.6 is 0 Å². The third-order valence-corrected chi connectivity index (χ3v) is 6.27. The first kappa shape index (κ1) is 30.9. The number of carbonyl (C=O) groups excluding carboxylic acids is 3. The number of carbonyl (C=O) groups is 3. The maximum Gasteiger partial charge on any atom is 0.408 e. The average Bonchev–Trinajstić information content (AvgIpc) is 2.85. The van der Waals surface area contributed by atoms with Gasteiger partial charge in [0.25, 0.3) is 0 Å². The van der Waals surface area contributed by atoms with Crippen LogP contribution in [0.5, 0.6) is 5.75 Å². The van der Waals surface area contributed by atoms with Crippen molar-refractivity contribution in [2.45, 2.75) is 78.4 Å². The highest BCUT2D eigenvalue weighted by atomic mass is 16.6. The van der Waals surface area contributed by atoms with Crippen LogP contribution in [0, 0.1) is 11.8 Å². The molecule has 1 heterocycles. The highest BCUT2D eigenvalue weighted by Crippen LogP contribution is 2.23. The molecular weight excluding hydrogens is 488 g/mol. The van der Waals surface area contributed by atoms with Crippen molar-refractivity contribution in [3.63, 3.8) is 0 Å². The van der Waals surface area contributed by atoms with E-state index in [4.69, 9.17) is 19.9 Å². The third-order valence-electron chi connectivity index (χ3n) is 6.27. The molecule has 10 heteroatoms. The monoisotopic (exact) mass is 532 g/mol. The number of benzene rings is 1. The fraction of sp³-hybridized carbons (Fsp3) is 0.643. The molecule has 212 valence electrons. The minimum atomic E-state index is -0.859. The molecule has 2 rings (SSSR count). The zero-order chi connectivity index (χ0) is 28.3. The second-order valence-corrected chi connectivity index (χ2v) is 11.0. The van der Waals surface area contributed by atoms with Gasteiger partial charge in [-0.3, -0.25) is 0 Å². The van der Waals surface area contributed by atoms with Crippen LogP contribution in [0.3, 0.4) is 0 Å². The summed E-state index contributed by atoms with van der Waals surface area (Å²) in [5.74, 6) is 1.20. The molecule has 1 saturated heterocycles. The van der Waals surface area contributed by atoms with Gasteiger partial charge in [0.05, 0.1) is 13.7 Å². The van der Waals surface area contributed by atoms with Gasteiger partial charge in [0, 0.05) is 25.4 Å². The standard InChI is InChI=1S/C28H44N4O6/c1-19(2)24(29)31-26(34)32-15-13-20(14-16-32)8-7-17-37-22-11-9-21(10-12-22)18-23(25(33)36-6)30-27(35)38-28(3,4)5/h9-12,19-20,23H,7-8,13-18H2,1-6H3,(H,30,35)(H2,29,31,34)/t23-/m0/s1. The van der Waals surface area contributed by atoms with Crippen LogP contribution < -0.4 is 15.8 Å². The number of rotatable bonds is 10. The molecule has 1 aliphatic rings. The summed E-state index contributed by atoms with van der Waals surface area (Å²) in [4.78, 5) is 42.3. The summed E-state index contributed by atoms with van der Waals surface area (Å²) in [7, 11) is 1.28. The molecule has 0 unspecified atom stereocenters. The van der Waals surface area contributed by atoms with Crippen molar-refractivity contribution >= 4 is 23.9 Å². The van der Waals surface area contributed by atoms with Gasteiger partial charge in [0.2, 0.25) is 0 Å². The number of amides is 3. The average molecular weight is 533 g/mol. The first-order chi connectivity index (χ1) is 17.9. The Bertz CT molecular complexity index is 947. The second-order valence-electron chi connectivity index (χ2n) is 11.0. The van der Waals surface area contributed by atoms with Gasteiger partial charge < -0.3 is 30.2 Å². The topological polar surface area (TPSA) is 133 Å². The Morgan fingerprint density at radius 3 is 2.32 bits per heavy atom. The number of esters is 1. The zero-order valence-electron chi connectivity index (χ0n) is 23.6. The molecule has 38 heavy (non-hydrogen) atoms. The lowest BCUT2D eigenvalue weighted by Crippen LogP contribution is -2.45. The van der Waals surface area contributed by atoms with E-state index in [0.717, 1.165) is 37.0 Å². The number of hydrogen-bond donors (Lipinski definition) is 2. The molecule has 1 atom stereocenters. The van der Waals surface area contributed by atoms with E-state index in [0.29, 0.717) is 31.4 Å². The van der Waals surface area contributed by atoms with Crippen LogP contribution in [-0.2, 0) is 20.7 Å².